The molecule has 0 fully saturated rings. The van der Waals surface area contributed by atoms with Crippen LogP contribution in [-0.2, 0) is 0 Å². The molecule has 2 atom stereocenters. The summed E-state index contributed by atoms with van der Waals surface area (Å²) in [6.45, 7) is 7.93. The minimum atomic E-state index is -0.179. The van der Waals surface area contributed by atoms with Crippen LogP contribution in [0.2, 0.25) is 0 Å². The number of rotatable bonds is 5. The summed E-state index contributed by atoms with van der Waals surface area (Å²) < 4.78 is 13.4. The van der Waals surface area contributed by atoms with Crippen molar-refractivity contribution in [1.82, 2.24) is 5.32 Å². The highest BCUT2D eigenvalue weighted by molar-refractivity contribution is 5.25. The first kappa shape index (κ1) is 14.1. The van der Waals surface area contributed by atoms with Gasteiger partial charge in [-0.25, -0.2) is 4.39 Å². The van der Waals surface area contributed by atoms with Crippen LogP contribution in [0.4, 0.5) is 4.39 Å². The van der Waals surface area contributed by atoms with E-state index in [-0.39, 0.29) is 24.5 Å². The lowest BCUT2D eigenvalue weighted by atomic mass is 10.0. The zero-order chi connectivity index (χ0) is 13.0. The third kappa shape index (κ3) is 3.79. The second-order valence-corrected chi connectivity index (χ2v) is 4.93. The Bertz CT molecular complexity index is 365. The van der Waals surface area contributed by atoms with Gasteiger partial charge in [-0.15, -0.1) is 0 Å². The second-order valence-electron chi connectivity index (χ2n) is 4.93. The maximum Gasteiger partial charge on any atom is 0.126 e. The van der Waals surface area contributed by atoms with Crippen LogP contribution < -0.4 is 5.32 Å². The fourth-order valence-corrected chi connectivity index (χ4v) is 1.75. The van der Waals surface area contributed by atoms with E-state index in [1.807, 2.05) is 13.0 Å². The van der Waals surface area contributed by atoms with Gasteiger partial charge in [-0.05, 0) is 37.0 Å². The molecular weight excluding hydrogens is 217 g/mol. The van der Waals surface area contributed by atoms with E-state index in [0.29, 0.717) is 11.5 Å². The van der Waals surface area contributed by atoms with E-state index in [0.717, 1.165) is 5.56 Å². The van der Waals surface area contributed by atoms with E-state index in [9.17, 15) is 9.50 Å². The summed E-state index contributed by atoms with van der Waals surface area (Å²) in [5, 5.41) is 12.6. The van der Waals surface area contributed by atoms with Crippen LogP contribution in [0.1, 0.15) is 37.9 Å². The third-order valence-corrected chi connectivity index (χ3v) is 3.16. The van der Waals surface area contributed by atoms with Gasteiger partial charge in [0, 0.05) is 12.1 Å². The summed E-state index contributed by atoms with van der Waals surface area (Å²) in [5.74, 6) is 0.166. The molecular formula is C14H22FNO. The molecule has 1 rings (SSSR count). The molecule has 1 aromatic rings. The molecule has 0 aliphatic rings. The lowest BCUT2D eigenvalue weighted by molar-refractivity contribution is 0.201. The van der Waals surface area contributed by atoms with Gasteiger partial charge >= 0.3 is 0 Å². The van der Waals surface area contributed by atoms with E-state index in [1.165, 1.54) is 0 Å². The predicted molar refractivity (Wildman–Crippen MR) is 68.4 cm³/mol. The normalized spacial score (nSPS) is 15.0. The minimum absolute atomic E-state index is 0.0321. The Hall–Kier alpha value is -0.930. The van der Waals surface area contributed by atoms with Crippen molar-refractivity contribution < 1.29 is 9.50 Å². The third-order valence-electron chi connectivity index (χ3n) is 3.16. The van der Waals surface area contributed by atoms with Gasteiger partial charge in [0.25, 0.3) is 0 Å². The highest BCUT2D eigenvalue weighted by atomic mass is 19.1. The lowest BCUT2D eigenvalue weighted by Crippen LogP contribution is -2.38. The lowest BCUT2D eigenvalue weighted by Gasteiger charge is -2.25. The Morgan fingerprint density at radius 1 is 1.29 bits per heavy atom. The quantitative estimate of drug-likeness (QED) is 0.828. The number of aryl methyl sites for hydroxylation is 1. The van der Waals surface area contributed by atoms with Crippen molar-refractivity contribution in [1.29, 1.82) is 0 Å². The van der Waals surface area contributed by atoms with E-state index in [4.69, 9.17) is 0 Å². The van der Waals surface area contributed by atoms with Crippen LogP contribution in [0.5, 0.6) is 0 Å². The molecule has 2 N–H and O–H groups in total. The zero-order valence-electron chi connectivity index (χ0n) is 11.0. The van der Waals surface area contributed by atoms with Crippen molar-refractivity contribution in [2.75, 3.05) is 6.61 Å². The van der Waals surface area contributed by atoms with Gasteiger partial charge in [0.2, 0.25) is 0 Å². The maximum atomic E-state index is 13.4. The summed E-state index contributed by atoms with van der Waals surface area (Å²) in [7, 11) is 0. The van der Waals surface area contributed by atoms with Crippen LogP contribution in [-0.4, -0.2) is 17.8 Å². The van der Waals surface area contributed by atoms with E-state index in [2.05, 4.69) is 19.2 Å². The van der Waals surface area contributed by atoms with Crippen molar-refractivity contribution in [2.45, 2.75) is 39.8 Å². The summed E-state index contributed by atoms with van der Waals surface area (Å²) in [6.07, 6.45) is 0. The van der Waals surface area contributed by atoms with Gasteiger partial charge in [0.05, 0.1) is 6.61 Å². The van der Waals surface area contributed by atoms with Crippen LogP contribution in [0.25, 0.3) is 0 Å². The molecule has 1 aromatic carbocycles. The molecule has 0 saturated heterocycles. The number of aliphatic hydroxyl groups is 1. The molecule has 0 amide bonds. The van der Waals surface area contributed by atoms with Crippen LogP contribution in [0.15, 0.2) is 18.2 Å². The number of halogens is 1. The Morgan fingerprint density at radius 3 is 2.41 bits per heavy atom. The SMILES string of the molecule is Cc1ccc(C(C)NC(CO)C(C)C)cc1F. The Kier molecular flexibility index (Phi) is 5.09. The average Bonchev–Trinajstić information content (AvgIpc) is 2.28. The Labute approximate surface area is 103 Å². The van der Waals surface area contributed by atoms with Gasteiger partial charge in [-0.1, -0.05) is 26.0 Å². The van der Waals surface area contributed by atoms with Crippen LogP contribution >= 0.6 is 0 Å². The van der Waals surface area contributed by atoms with Crippen molar-refractivity contribution in [3.63, 3.8) is 0 Å². The van der Waals surface area contributed by atoms with Crippen LogP contribution in [0.3, 0.4) is 0 Å². The number of nitrogens with one attached hydrogen (secondary N) is 1. The van der Waals surface area contributed by atoms with Crippen molar-refractivity contribution in [3.8, 4) is 0 Å². The molecule has 2 nitrogen and oxygen atoms in total. The summed E-state index contributed by atoms with van der Waals surface area (Å²) in [5.41, 5.74) is 1.57. The zero-order valence-corrected chi connectivity index (χ0v) is 11.0. The standard InChI is InChI=1S/C14H22FNO/c1-9(2)14(8-17)16-11(4)12-6-5-10(3)13(15)7-12/h5-7,9,11,14,16-17H,8H2,1-4H3. The van der Waals surface area contributed by atoms with Crippen molar-refractivity contribution in [3.05, 3.63) is 35.1 Å². The fourth-order valence-electron chi connectivity index (χ4n) is 1.75. The van der Waals surface area contributed by atoms with Crippen molar-refractivity contribution >= 4 is 0 Å². The number of hydrogen-bond acceptors (Lipinski definition) is 2. The molecule has 0 saturated carbocycles. The molecule has 0 heterocycles. The van der Waals surface area contributed by atoms with Gasteiger partial charge in [-0.3, -0.25) is 0 Å². The molecule has 0 radical (unpaired) electrons. The van der Waals surface area contributed by atoms with Gasteiger partial charge < -0.3 is 10.4 Å². The monoisotopic (exact) mass is 239 g/mol. The average molecular weight is 239 g/mol. The van der Waals surface area contributed by atoms with Gasteiger partial charge in [0.15, 0.2) is 0 Å². The molecule has 2 unspecified atom stereocenters. The fraction of sp³-hybridized carbons (Fsp3) is 0.571. The molecule has 0 bridgehead atoms. The van der Waals surface area contributed by atoms with Gasteiger partial charge in [-0.2, -0.15) is 0 Å². The number of benzene rings is 1. The minimum Gasteiger partial charge on any atom is -0.395 e. The topological polar surface area (TPSA) is 32.3 Å². The largest absolute Gasteiger partial charge is 0.395 e. The molecule has 0 aromatic heterocycles. The van der Waals surface area contributed by atoms with Crippen LogP contribution in [0, 0.1) is 18.7 Å². The molecule has 0 aliphatic heterocycles. The van der Waals surface area contributed by atoms with Gasteiger partial charge in [0.1, 0.15) is 5.82 Å². The predicted octanol–water partition coefficient (Wildman–Crippen LogP) is 2.80. The summed E-state index contributed by atoms with van der Waals surface area (Å²) >= 11 is 0. The smallest absolute Gasteiger partial charge is 0.126 e. The van der Waals surface area contributed by atoms with Crippen molar-refractivity contribution in [2.24, 2.45) is 5.92 Å². The van der Waals surface area contributed by atoms with E-state index < -0.39 is 0 Å². The highest BCUT2D eigenvalue weighted by Gasteiger charge is 2.16. The molecule has 3 heteroatoms. The Balaban J connectivity index is 2.75. The summed E-state index contributed by atoms with van der Waals surface area (Å²) in [6, 6.07) is 5.33. The maximum absolute atomic E-state index is 13.4. The molecule has 0 aliphatic carbocycles. The highest BCUT2D eigenvalue weighted by Crippen LogP contribution is 2.18. The van der Waals surface area contributed by atoms with E-state index in [1.54, 1.807) is 19.1 Å². The second kappa shape index (κ2) is 6.12. The first-order valence-corrected chi connectivity index (χ1v) is 6.08. The van der Waals surface area contributed by atoms with E-state index >= 15 is 0 Å². The number of aliphatic hydroxyl groups excluding tert-OH is 1. The Morgan fingerprint density at radius 2 is 1.94 bits per heavy atom. The molecule has 0 spiro atoms. The summed E-state index contributed by atoms with van der Waals surface area (Å²) in [4.78, 5) is 0. The molecule has 17 heavy (non-hydrogen) atoms. The first-order valence-electron chi connectivity index (χ1n) is 6.08. The molecule has 96 valence electrons. The number of hydrogen-bond donors (Lipinski definition) is 2. The first-order chi connectivity index (χ1) is 7.95.